The third-order valence-electron chi connectivity index (χ3n) is 3.70. The minimum atomic E-state index is -3.41. The Kier molecular flexibility index (Phi) is 4.45. The molecule has 3 rings (SSSR count). The number of nitrogens with one attached hydrogen (secondary N) is 1. The highest BCUT2D eigenvalue weighted by Crippen LogP contribution is 2.35. The Hall–Kier alpha value is -2.14. The summed E-state index contributed by atoms with van der Waals surface area (Å²) in [6.45, 7) is 1.79. The van der Waals surface area contributed by atoms with Gasteiger partial charge in [-0.3, -0.25) is 14.4 Å². The molecule has 0 spiro atoms. The van der Waals surface area contributed by atoms with Crippen molar-refractivity contribution in [1.29, 1.82) is 0 Å². The van der Waals surface area contributed by atoms with Crippen molar-refractivity contribution in [2.45, 2.75) is 25.8 Å². The highest BCUT2D eigenvalue weighted by molar-refractivity contribution is 7.92. The molecule has 1 amide bonds. The summed E-state index contributed by atoms with van der Waals surface area (Å²) in [7, 11) is -3.41. The molecule has 2 heterocycles. The predicted octanol–water partition coefficient (Wildman–Crippen LogP) is 2.44. The molecule has 7 nitrogen and oxygen atoms in total. The zero-order valence-corrected chi connectivity index (χ0v) is 14.9. The second kappa shape index (κ2) is 6.30. The van der Waals surface area contributed by atoms with Crippen LogP contribution in [-0.2, 0) is 16.4 Å². The predicted molar refractivity (Wildman–Crippen MR) is 89.8 cm³/mol. The van der Waals surface area contributed by atoms with E-state index in [9.17, 15) is 22.0 Å². The number of nitrogens with zero attached hydrogens (tertiary/aromatic N) is 3. The number of alkyl halides is 2. The number of benzene rings is 1. The van der Waals surface area contributed by atoms with E-state index in [1.165, 1.54) is 10.4 Å². The quantitative estimate of drug-likeness (QED) is 0.869. The lowest BCUT2D eigenvalue weighted by Gasteiger charge is -2.21. The second-order valence-corrected chi connectivity index (χ2v) is 8.52. The van der Waals surface area contributed by atoms with Gasteiger partial charge in [-0.05, 0) is 37.1 Å². The van der Waals surface area contributed by atoms with Gasteiger partial charge in [0.05, 0.1) is 11.9 Å². The highest BCUT2D eigenvalue weighted by Gasteiger charge is 2.32. The minimum Gasteiger partial charge on any atom is -0.296 e. The number of sulfonamides is 1. The van der Waals surface area contributed by atoms with Crippen LogP contribution in [0.3, 0.4) is 0 Å². The minimum absolute atomic E-state index is 0.0214. The van der Waals surface area contributed by atoms with Gasteiger partial charge in [-0.2, -0.15) is 0 Å². The molecule has 134 valence electrons. The molecule has 0 radical (unpaired) electrons. The van der Waals surface area contributed by atoms with Crippen LogP contribution < -0.4 is 9.62 Å². The Bertz CT molecular complexity index is 930. The van der Waals surface area contributed by atoms with Crippen molar-refractivity contribution < 1.29 is 22.0 Å². The molecule has 1 aromatic heterocycles. The van der Waals surface area contributed by atoms with Gasteiger partial charge in [0.15, 0.2) is 5.01 Å². The molecule has 1 aliphatic heterocycles. The molecule has 0 fully saturated rings. The van der Waals surface area contributed by atoms with Gasteiger partial charge in [0.2, 0.25) is 15.2 Å². The van der Waals surface area contributed by atoms with E-state index in [4.69, 9.17) is 0 Å². The van der Waals surface area contributed by atoms with Gasteiger partial charge in [0.1, 0.15) is 0 Å². The topological polar surface area (TPSA) is 92.3 Å². The van der Waals surface area contributed by atoms with Gasteiger partial charge in [-0.1, -0.05) is 11.3 Å². The molecule has 1 unspecified atom stereocenters. The molecular formula is C14H14F2N4O3S2. The number of carbonyl (C=O) groups excluding carboxylic acids is 1. The molecule has 1 aliphatic rings. The molecule has 0 saturated heterocycles. The average molecular weight is 388 g/mol. The fourth-order valence-corrected chi connectivity index (χ4v) is 4.65. The van der Waals surface area contributed by atoms with E-state index in [1.54, 1.807) is 19.1 Å². The number of anilines is 2. The number of hydrogen-bond acceptors (Lipinski definition) is 6. The average Bonchev–Trinajstić information content (AvgIpc) is 3.08. The monoisotopic (exact) mass is 388 g/mol. The highest BCUT2D eigenvalue weighted by atomic mass is 32.2. The zero-order chi connectivity index (χ0) is 18.4. The number of halogens is 2. The van der Waals surface area contributed by atoms with Gasteiger partial charge in [-0.25, -0.2) is 17.2 Å². The SMILES string of the molecule is CC1Cc2cc(C(=O)Nc3nnc(C(F)F)s3)ccc2N1S(C)(=O)=O. The fraction of sp³-hybridized carbons (Fsp3) is 0.357. The van der Waals surface area contributed by atoms with Crippen molar-refractivity contribution >= 4 is 38.1 Å². The molecular weight excluding hydrogens is 374 g/mol. The smallest absolute Gasteiger partial charge is 0.291 e. The summed E-state index contributed by atoms with van der Waals surface area (Å²) in [6, 6.07) is 4.42. The summed E-state index contributed by atoms with van der Waals surface area (Å²) < 4.78 is 50.1. The van der Waals surface area contributed by atoms with E-state index in [-0.39, 0.29) is 16.7 Å². The zero-order valence-electron chi connectivity index (χ0n) is 13.2. The molecule has 2 aromatic rings. The van der Waals surface area contributed by atoms with E-state index in [0.717, 1.165) is 11.8 Å². The van der Waals surface area contributed by atoms with Gasteiger partial charge >= 0.3 is 0 Å². The number of amides is 1. The number of aromatic nitrogens is 2. The van der Waals surface area contributed by atoms with E-state index >= 15 is 0 Å². The van der Waals surface area contributed by atoms with Crippen LogP contribution in [0.4, 0.5) is 19.6 Å². The normalized spacial score (nSPS) is 17.0. The van der Waals surface area contributed by atoms with Crippen molar-refractivity contribution in [3.8, 4) is 0 Å². The third kappa shape index (κ3) is 3.47. The maximum atomic E-state index is 12.5. The maximum absolute atomic E-state index is 12.5. The lowest BCUT2D eigenvalue weighted by molar-refractivity contribution is 0.102. The van der Waals surface area contributed by atoms with Crippen molar-refractivity contribution in [2.24, 2.45) is 0 Å². The summed E-state index contributed by atoms with van der Waals surface area (Å²) in [4.78, 5) is 12.3. The van der Waals surface area contributed by atoms with Crippen LogP contribution in [-0.4, -0.2) is 36.8 Å². The van der Waals surface area contributed by atoms with Crippen molar-refractivity contribution in [1.82, 2.24) is 10.2 Å². The summed E-state index contributed by atoms with van der Waals surface area (Å²) in [6.07, 6.45) is -1.13. The van der Waals surface area contributed by atoms with E-state index < -0.39 is 27.4 Å². The van der Waals surface area contributed by atoms with Crippen molar-refractivity contribution in [2.75, 3.05) is 15.9 Å². The van der Waals surface area contributed by atoms with Crippen LogP contribution in [0.1, 0.15) is 34.3 Å². The molecule has 0 saturated carbocycles. The largest absolute Gasteiger partial charge is 0.296 e. The Morgan fingerprint density at radius 2 is 2.12 bits per heavy atom. The van der Waals surface area contributed by atoms with Crippen molar-refractivity contribution in [3.05, 3.63) is 34.3 Å². The first kappa shape index (κ1) is 17.7. The molecule has 11 heteroatoms. The summed E-state index contributed by atoms with van der Waals surface area (Å²) in [5.74, 6) is -0.523. The Morgan fingerprint density at radius 1 is 1.40 bits per heavy atom. The number of rotatable bonds is 4. The number of fused-ring (bicyclic) bond motifs is 1. The molecule has 1 N–H and O–H groups in total. The van der Waals surface area contributed by atoms with Gasteiger partial charge < -0.3 is 0 Å². The first-order chi connectivity index (χ1) is 11.7. The van der Waals surface area contributed by atoms with Crippen LogP contribution >= 0.6 is 11.3 Å². The molecule has 1 atom stereocenters. The maximum Gasteiger partial charge on any atom is 0.291 e. The summed E-state index contributed by atoms with van der Waals surface area (Å²) in [5.41, 5.74) is 1.56. The second-order valence-electron chi connectivity index (χ2n) is 5.66. The van der Waals surface area contributed by atoms with Gasteiger partial charge in [-0.15, -0.1) is 10.2 Å². The standard InChI is InChI=1S/C14H14F2N4O3S2/c1-7-5-9-6-8(3-4-10(9)20(7)25(2,22)23)12(21)17-14-19-18-13(24-14)11(15)16/h3-4,6-7,11H,5H2,1-2H3,(H,17,19,21). The number of carbonyl (C=O) groups is 1. The lowest BCUT2D eigenvalue weighted by atomic mass is 10.1. The fourth-order valence-electron chi connectivity index (χ4n) is 2.79. The lowest BCUT2D eigenvalue weighted by Crippen LogP contribution is -2.34. The van der Waals surface area contributed by atoms with E-state index in [0.29, 0.717) is 23.4 Å². The number of hydrogen-bond donors (Lipinski definition) is 1. The van der Waals surface area contributed by atoms with E-state index in [2.05, 4.69) is 15.5 Å². The molecule has 0 bridgehead atoms. The first-order valence-corrected chi connectivity index (χ1v) is 9.88. The van der Waals surface area contributed by atoms with Crippen LogP contribution in [0.15, 0.2) is 18.2 Å². The Balaban J connectivity index is 1.83. The van der Waals surface area contributed by atoms with E-state index in [1.807, 2.05) is 0 Å². The summed E-state index contributed by atoms with van der Waals surface area (Å²) in [5, 5.41) is 8.72. The Morgan fingerprint density at radius 3 is 2.72 bits per heavy atom. The van der Waals surface area contributed by atoms with Crippen LogP contribution in [0.25, 0.3) is 0 Å². The molecule has 0 aliphatic carbocycles. The molecule has 1 aromatic carbocycles. The van der Waals surface area contributed by atoms with Gasteiger partial charge in [0, 0.05) is 11.6 Å². The third-order valence-corrected chi connectivity index (χ3v) is 5.82. The summed E-state index contributed by atoms with van der Waals surface area (Å²) >= 11 is 0.602. The van der Waals surface area contributed by atoms with Gasteiger partial charge in [0.25, 0.3) is 12.3 Å². The molecule has 25 heavy (non-hydrogen) atoms. The van der Waals surface area contributed by atoms with Crippen LogP contribution in [0.2, 0.25) is 0 Å². The Labute approximate surface area is 146 Å². The van der Waals surface area contributed by atoms with Crippen LogP contribution in [0.5, 0.6) is 0 Å². The first-order valence-electron chi connectivity index (χ1n) is 7.22. The van der Waals surface area contributed by atoms with Crippen LogP contribution in [0, 0.1) is 0 Å². The van der Waals surface area contributed by atoms with Crippen molar-refractivity contribution in [3.63, 3.8) is 0 Å².